The zero-order valence-electron chi connectivity index (χ0n) is 12.0. The van der Waals surface area contributed by atoms with Crippen LogP contribution in [-0.2, 0) is 21.5 Å². The molecule has 1 fully saturated rings. The SMILES string of the molecule is CCn1c(C2(C(=O)OC)CC2)nc2cc(OC)ccc21. The van der Waals surface area contributed by atoms with Crippen molar-refractivity contribution in [3.05, 3.63) is 24.0 Å². The highest BCUT2D eigenvalue weighted by molar-refractivity contribution is 5.88. The molecule has 0 aliphatic heterocycles. The number of aryl methyl sites for hydroxylation is 1. The summed E-state index contributed by atoms with van der Waals surface area (Å²) in [5.41, 5.74) is 1.34. The minimum atomic E-state index is -0.545. The average molecular weight is 274 g/mol. The topological polar surface area (TPSA) is 53.4 Å². The van der Waals surface area contributed by atoms with E-state index in [9.17, 15) is 4.79 Å². The number of carbonyl (C=O) groups excluding carboxylic acids is 1. The molecule has 1 aliphatic rings. The molecule has 0 radical (unpaired) electrons. The van der Waals surface area contributed by atoms with Gasteiger partial charge in [-0.25, -0.2) is 4.98 Å². The molecule has 0 bridgehead atoms. The second-order valence-electron chi connectivity index (χ2n) is 5.11. The lowest BCUT2D eigenvalue weighted by Crippen LogP contribution is -2.26. The molecule has 0 amide bonds. The van der Waals surface area contributed by atoms with Gasteiger partial charge in [0.1, 0.15) is 17.0 Å². The van der Waals surface area contributed by atoms with Gasteiger partial charge in [-0.15, -0.1) is 0 Å². The second-order valence-corrected chi connectivity index (χ2v) is 5.11. The number of hydrogen-bond donors (Lipinski definition) is 0. The lowest BCUT2D eigenvalue weighted by Gasteiger charge is -2.14. The number of aromatic nitrogens is 2. The number of carbonyl (C=O) groups is 1. The molecule has 2 aromatic rings. The summed E-state index contributed by atoms with van der Waals surface area (Å²) in [5.74, 6) is 1.40. The average Bonchev–Trinajstić information content (AvgIpc) is 3.21. The van der Waals surface area contributed by atoms with E-state index in [0.717, 1.165) is 42.0 Å². The standard InChI is InChI=1S/C15H18N2O3/c1-4-17-12-6-5-10(19-2)9-11(12)16-13(17)15(7-8-15)14(18)20-3/h5-6,9H,4,7-8H2,1-3H3. The van der Waals surface area contributed by atoms with Crippen molar-refractivity contribution >= 4 is 17.0 Å². The molecule has 20 heavy (non-hydrogen) atoms. The van der Waals surface area contributed by atoms with Crippen LogP contribution in [0.25, 0.3) is 11.0 Å². The summed E-state index contributed by atoms with van der Waals surface area (Å²) in [7, 11) is 3.07. The molecule has 0 saturated heterocycles. The first-order valence-electron chi connectivity index (χ1n) is 6.79. The monoisotopic (exact) mass is 274 g/mol. The molecule has 1 saturated carbocycles. The lowest BCUT2D eigenvalue weighted by atomic mass is 10.1. The number of nitrogens with zero attached hydrogens (tertiary/aromatic N) is 2. The predicted octanol–water partition coefficient (Wildman–Crippen LogP) is 2.27. The molecule has 3 rings (SSSR count). The van der Waals surface area contributed by atoms with Crippen LogP contribution in [0.5, 0.6) is 5.75 Å². The van der Waals surface area contributed by atoms with Crippen molar-refractivity contribution in [3.63, 3.8) is 0 Å². The number of imidazole rings is 1. The van der Waals surface area contributed by atoms with E-state index < -0.39 is 5.41 Å². The summed E-state index contributed by atoms with van der Waals surface area (Å²) in [6, 6.07) is 5.80. The van der Waals surface area contributed by atoms with Gasteiger partial charge in [-0.1, -0.05) is 0 Å². The molecule has 0 spiro atoms. The smallest absolute Gasteiger partial charge is 0.319 e. The van der Waals surface area contributed by atoms with Gasteiger partial charge >= 0.3 is 5.97 Å². The van der Waals surface area contributed by atoms with Crippen LogP contribution in [0.15, 0.2) is 18.2 Å². The zero-order chi connectivity index (χ0) is 14.3. The molecule has 1 aromatic heterocycles. The Bertz CT molecular complexity index is 671. The number of fused-ring (bicyclic) bond motifs is 1. The number of esters is 1. The molecule has 1 heterocycles. The quantitative estimate of drug-likeness (QED) is 0.803. The van der Waals surface area contributed by atoms with Crippen LogP contribution in [-0.4, -0.2) is 29.7 Å². The van der Waals surface area contributed by atoms with Crippen molar-refractivity contribution < 1.29 is 14.3 Å². The largest absolute Gasteiger partial charge is 0.497 e. The Morgan fingerprint density at radius 2 is 2.15 bits per heavy atom. The highest BCUT2D eigenvalue weighted by atomic mass is 16.5. The number of methoxy groups -OCH3 is 2. The normalized spacial score (nSPS) is 16.1. The molecule has 1 aromatic carbocycles. The predicted molar refractivity (Wildman–Crippen MR) is 74.9 cm³/mol. The summed E-state index contributed by atoms with van der Waals surface area (Å²) < 4.78 is 12.3. The number of rotatable bonds is 4. The molecular formula is C15H18N2O3. The Morgan fingerprint density at radius 1 is 1.40 bits per heavy atom. The van der Waals surface area contributed by atoms with Gasteiger partial charge in [-0.3, -0.25) is 4.79 Å². The van der Waals surface area contributed by atoms with Crippen molar-refractivity contribution in [1.29, 1.82) is 0 Å². The van der Waals surface area contributed by atoms with E-state index in [1.807, 2.05) is 18.2 Å². The second kappa shape index (κ2) is 4.51. The number of hydrogen-bond acceptors (Lipinski definition) is 4. The van der Waals surface area contributed by atoms with E-state index >= 15 is 0 Å². The molecule has 0 N–H and O–H groups in total. The van der Waals surface area contributed by atoms with Gasteiger partial charge in [-0.2, -0.15) is 0 Å². The number of benzene rings is 1. The van der Waals surface area contributed by atoms with Crippen LogP contribution in [0.2, 0.25) is 0 Å². The molecule has 0 unspecified atom stereocenters. The third-order valence-electron chi connectivity index (χ3n) is 4.03. The highest BCUT2D eigenvalue weighted by Gasteiger charge is 2.56. The van der Waals surface area contributed by atoms with Gasteiger partial charge in [0.2, 0.25) is 0 Å². The fourth-order valence-electron chi connectivity index (χ4n) is 2.76. The Kier molecular flexibility index (Phi) is 2.92. The lowest BCUT2D eigenvalue weighted by molar-refractivity contribution is -0.144. The fraction of sp³-hybridized carbons (Fsp3) is 0.467. The third kappa shape index (κ3) is 1.69. The maximum absolute atomic E-state index is 12.1. The first kappa shape index (κ1) is 13.0. The van der Waals surface area contributed by atoms with E-state index in [-0.39, 0.29) is 5.97 Å². The van der Waals surface area contributed by atoms with Gasteiger partial charge < -0.3 is 14.0 Å². The molecule has 106 valence electrons. The van der Waals surface area contributed by atoms with Crippen molar-refractivity contribution in [1.82, 2.24) is 9.55 Å². The Morgan fingerprint density at radius 3 is 2.70 bits per heavy atom. The van der Waals surface area contributed by atoms with E-state index in [0.29, 0.717) is 0 Å². The minimum absolute atomic E-state index is 0.186. The maximum atomic E-state index is 12.1. The van der Waals surface area contributed by atoms with Crippen LogP contribution < -0.4 is 4.74 Å². The van der Waals surface area contributed by atoms with Gasteiger partial charge in [-0.05, 0) is 31.9 Å². The van der Waals surface area contributed by atoms with Gasteiger partial charge in [0, 0.05) is 12.6 Å². The van der Waals surface area contributed by atoms with Crippen LogP contribution in [0.1, 0.15) is 25.6 Å². The van der Waals surface area contributed by atoms with E-state index in [2.05, 4.69) is 16.5 Å². The summed E-state index contributed by atoms with van der Waals surface area (Å²) in [6.07, 6.45) is 1.61. The molecule has 1 aliphatic carbocycles. The van der Waals surface area contributed by atoms with Crippen molar-refractivity contribution in [2.24, 2.45) is 0 Å². The van der Waals surface area contributed by atoms with E-state index in [1.165, 1.54) is 7.11 Å². The first-order chi connectivity index (χ1) is 9.66. The maximum Gasteiger partial charge on any atom is 0.319 e. The van der Waals surface area contributed by atoms with Crippen LogP contribution in [0.3, 0.4) is 0 Å². The summed E-state index contributed by atoms with van der Waals surface area (Å²) in [4.78, 5) is 16.7. The Hall–Kier alpha value is -2.04. The minimum Gasteiger partial charge on any atom is -0.497 e. The molecule has 5 nitrogen and oxygen atoms in total. The summed E-state index contributed by atoms with van der Waals surface area (Å²) in [6.45, 7) is 2.83. The Labute approximate surface area is 117 Å². The molecule has 0 atom stereocenters. The summed E-state index contributed by atoms with van der Waals surface area (Å²) in [5, 5.41) is 0. The number of ether oxygens (including phenoxy) is 2. The van der Waals surface area contributed by atoms with Crippen LogP contribution in [0.4, 0.5) is 0 Å². The van der Waals surface area contributed by atoms with Crippen molar-refractivity contribution in [3.8, 4) is 5.75 Å². The molecule has 5 heteroatoms. The van der Waals surface area contributed by atoms with Gasteiger partial charge in [0.15, 0.2) is 0 Å². The zero-order valence-corrected chi connectivity index (χ0v) is 12.0. The summed E-state index contributed by atoms with van der Waals surface area (Å²) >= 11 is 0. The van der Waals surface area contributed by atoms with Gasteiger partial charge in [0.05, 0.1) is 25.3 Å². The fourth-order valence-corrected chi connectivity index (χ4v) is 2.76. The Balaban J connectivity index is 2.18. The van der Waals surface area contributed by atoms with Crippen molar-refractivity contribution in [2.45, 2.75) is 31.7 Å². The third-order valence-corrected chi connectivity index (χ3v) is 4.03. The first-order valence-corrected chi connectivity index (χ1v) is 6.79. The van der Waals surface area contributed by atoms with E-state index in [1.54, 1.807) is 7.11 Å². The van der Waals surface area contributed by atoms with Crippen LogP contribution in [0, 0.1) is 0 Å². The van der Waals surface area contributed by atoms with Gasteiger partial charge in [0.25, 0.3) is 0 Å². The highest BCUT2D eigenvalue weighted by Crippen LogP contribution is 2.49. The van der Waals surface area contributed by atoms with E-state index in [4.69, 9.17) is 9.47 Å². The molecular weight excluding hydrogens is 256 g/mol. The van der Waals surface area contributed by atoms with Crippen LogP contribution >= 0.6 is 0 Å². The van der Waals surface area contributed by atoms with Crippen molar-refractivity contribution in [2.75, 3.05) is 14.2 Å².